The molecule has 0 unspecified atom stereocenters. The SMILES string of the molecule is CC(C)(NC(=O)c1ccc(C2CC2)c(Nc2ccc(Cl)cc2Cl)n1)C(=O)O. The smallest absolute Gasteiger partial charge is 0.328 e. The number of nitrogens with one attached hydrogen (secondary N) is 2. The maximum absolute atomic E-state index is 12.5. The van der Waals surface area contributed by atoms with Crippen LogP contribution >= 0.6 is 23.2 Å². The van der Waals surface area contributed by atoms with E-state index in [9.17, 15) is 14.7 Å². The van der Waals surface area contributed by atoms with Crippen LogP contribution in [-0.2, 0) is 4.79 Å². The van der Waals surface area contributed by atoms with Crippen LogP contribution in [0.4, 0.5) is 11.5 Å². The molecular weight excluding hydrogens is 389 g/mol. The van der Waals surface area contributed by atoms with Crippen molar-refractivity contribution in [1.29, 1.82) is 0 Å². The molecule has 0 atom stereocenters. The van der Waals surface area contributed by atoms with Crippen LogP contribution in [0.3, 0.4) is 0 Å². The Kier molecular flexibility index (Phi) is 5.31. The second-order valence-electron chi connectivity index (χ2n) is 7.04. The molecule has 0 aliphatic heterocycles. The summed E-state index contributed by atoms with van der Waals surface area (Å²) in [6.07, 6.45) is 2.12. The van der Waals surface area contributed by atoms with Crippen LogP contribution in [0.25, 0.3) is 0 Å². The van der Waals surface area contributed by atoms with Gasteiger partial charge in [0.15, 0.2) is 0 Å². The maximum Gasteiger partial charge on any atom is 0.328 e. The van der Waals surface area contributed by atoms with Crippen LogP contribution in [0.5, 0.6) is 0 Å². The molecule has 1 saturated carbocycles. The summed E-state index contributed by atoms with van der Waals surface area (Å²) in [5.74, 6) is -0.770. The van der Waals surface area contributed by atoms with Gasteiger partial charge in [0.1, 0.15) is 17.1 Å². The van der Waals surface area contributed by atoms with E-state index in [4.69, 9.17) is 23.2 Å². The standard InChI is InChI=1S/C19H19Cl2N3O3/c1-19(2,18(26)27)24-17(25)15-8-6-12(10-3-4-10)16(23-15)22-14-7-5-11(20)9-13(14)21/h5-10H,3-4H2,1-2H3,(H,22,23)(H,24,25)(H,26,27). The number of rotatable bonds is 6. The first kappa shape index (κ1) is 19.5. The van der Waals surface area contributed by atoms with Gasteiger partial charge in [0.05, 0.1) is 10.7 Å². The zero-order chi connectivity index (χ0) is 19.8. The van der Waals surface area contributed by atoms with Crippen molar-refractivity contribution in [3.05, 3.63) is 51.6 Å². The summed E-state index contributed by atoms with van der Waals surface area (Å²) in [4.78, 5) is 28.1. The summed E-state index contributed by atoms with van der Waals surface area (Å²) in [5, 5.41) is 15.8. The predicted octanol–water partition coefficient (Wildman–Crippen LogP) is 4.60. The number of benzene rings is 1. The van der Waals surface area contributed by atoms with Crippen LogP contribution in [-0.4, -0.2) is 27.5 Å². The lowest BCUT2D eigenvalue weighted by atomic mass is 10.1. The minimum Gasteiger partial charge on any atom is -0.480 e. The Balaban J connectivity index is 1.91. The van der Waals surface area contributed by atoms with E-state index in [2.05, 4.69) is 15.6 Å². The summed E-state index contributed by atoms with van der Waals surface area (Å²) in [5.41, 5.74) is 0.344. The Morgan fingerprint density at radius 3 is 2.48 bits per heavy atom. The molecule has 3 rings (SSSR count). The van der Waals surface area contributed by atoms with E-state index in [0.29, 0.717) is 27.5 Å². The number of hydrogen-bond acceptors (Lipinski definition) is 4. The van der Waals surface area contributed by atoms with Gasteiger partial charge in [-0.15, -0.1) is 0 Å². The fourth-order valence-corrected chi connectivity index (χ4v) is 3.00. The van der Waals surface area contributed by atoms with Crippen molar-refractivity contribution in [1.82, 2.24) is 10.3 Å². The Hall–Kier alpha value is -2.31. The predicted molar refractivity (Wildman–Crippen MR) is 105 cm³/mol. The van der Waals surface area contributed by atoms with E-state index in [1.165, 1.54) is 13.8 Å². The molecule has 2 aromatic rings. The van der Waals surface area contributed by atoms with Crippen LogP contribution in [0, 0.1) is 0 Å². The van der Waals surface area contributed by atoms with Crippen molar-refractivity contribution in [2.45, 2.75) is 38.1 Å². The lowest BCUT2D eigenvalue weighted by Crippen LogP contribution is -2.49. The molecule has 142 valence electrons. The van der Waals surface area contributed by atoms with E-state index >= 15 is 0 Å². The number of carbonyl (C=O) groups excluding carboxylic acids is 1. The number of amides is 1. The Labute approximate surface area is 166 Å². The second-order valence-corrected chi connectivity index (χ2v) is 7.89. The maximum atomic E-state index is 12.5. The van der Waals surface area contributed by atoms with Gasteiger partial charge in [-0.2, -0.15) is 0 Å². The van der Waals surface area contributed by atoms with Gasteiger partial charge in [-0.3, -0.25) is 4.79 Å². The van der Waals surface area contributed by atoms with E-state index in [-0.39, 0.29) is 5.69 Å². The third kappa shape index (κ3) is 4.51. The Bertz CT molecular complexity index is 911. The molecule has 1 amide bonds. The number of carboxylic acid groups (broad SMARTS) is 1. The van der Waals surface area contributed by atoms with Crippen LogP contribution in [0.1, 0.15) is 48.7 Å². The summed E-state index contributed by atoms with van der Waals surface area (Å²) >= 11 is 12.2. The number of anilines is 2. The zero-order valence-electron chi connectivity index (χ0n) is 14.8. The normalized spacial score (nSPS) is 13.9. The van der Waals surface area contributed by atoms with Gasteiger partial charge in [-0.25, -0.2) is 9.78 Å². The fourth-order valence-electron chi connectivity index (χ4n) is 2.54. The molecule has 0 radical (unpaired) electrons. The van der Waals surface area contributed by atoms with Crippen molar-refractivity contribution in [3.8, 4) is 0 Å². The van der Waals surface area contributed by atoms with Gasteiger partial charge in [-0.05, 0) is 62.4 Å². The molecule has 1 fully saturated rings. The second kappa shape index (κ2) is 7.37. The quantitative estimate of drug-likeness (QED) is 0.650. The molecular formula is C19H19Cl2N3O3. The Morgan fingerprint density at radius 1 is 1.19 bits per heavy atom. The van der Waals surface area contributed by atoms with Gasteiger partial charge >= 0.3 is 5.97 Å². The molecule has 8 heteroatoms. The number of pyridine rings is 1. The van der Waals surface area contributed by atoms with Crippen molar-refractivity contribution in [3.63, 3.8) is 0 Å². The summed E-state index contributed by atoms with van der Waals surface area (Å²) in [6, 6.07) is 8.52. The number of aliphatic carboxylic acids is 1. The number of nitrogens with zero attached hydrogens (tertiary/aromatic N) is 1. The minimum absolute atomic E-state index is 0.126. The molecule has 3 N–H and O–H groups in total. The highest BCUT2D eigenvalue weighted by atomic mass is 35.5. The molecule has 6 nitrogen and oxygen atoms in total. The molecule has 1 heterocycles. The van der Waals surface area contributed by atoms with Crippen molar-refractivity contribution in [2.24, 2.45) is 0 Å². The summed E-state index contributed by atoms with van der Waals surface area (Å²) in [7, 11) is 0. The topological polar surface area (TPSA) is 91.3 Å². The number of hydrogen-bond donors (Lipinski definition) is 3. The van der Waals surface area contributed by atoms with E-state index in [0.717, 1.165) is 18.4 Å². The van der Waals surface area contributed by atoms with Crippen LogP contribution in [0.2, 0.25) is 10.0 Å². The average Bonchev–Trinajstić information content (AvgIpc) is 3.41. The van der Waals surface area contributed by atoms with E-state index in [1.807, 2.05) is 6.07 Å². The number of aromatic nitrogens is 1. The largest absolute Gasteiger partial charge is 0.480 e. The average molecular weight is 408 g/mol. The van der Waals surface area contributed by atoms with Gasteiger partial charge in [0.25, 0.3) is 5.91 Å². The van der Waals surface area contributed by atoms with Crippen molar-refractivity contribution in [2.75, 3.05) is 5.32 Å². The van der Waals surface area contributed by atoms with Gasteiger partial charge in [0, 0.05) is 5.02 Å². The Morgan fingerprint density at radius 2 is 1.89 bits per heavy atom. The molecule has 0 saturated heterocycles. The highest BCUT2D eigenvalue weighted by molar-refractivity contribution is 6.36. The number of carbonyl (C=O) groups is 2. The van der Waals surface area contributed by atoms with Gasteiger partial charge < -0.3 is 15.7 Å². The van der Waals surface area contributed by atoms with Crippen LogP contribution < -0.4 is 10.6 Å². The molecule has 1 aliphatic carbocycles. The molecule has 0 spiro atoms. The van der Waals surface area contributed by atoms with Gasteiger partial charge in [-0.1, -0.05) is 29.3 Å². The molecule has 1 aliphatic rings. The lowest BCUT2D eigenvalue weighted by Gasteiger charge is -2.21. The van der Waals surface area contributed by atoms with E-state index < -0.39 is 17.4 Å². The monoisotopic (exact) mass is 407 g/mol. The third-order valence-corrected chi connectivity index (χ3v) is 4.87. The third-order valence-electron chi connectivity index (χ3n) is 4.32. The first-order valence-corrected chi connectivity index (χ1v) is 9.22. The lowest BCUT2D eigenvalue weighted by molar-refractivity contribution is -0.143. The molecule has 0 bridgehead atoms. The summed E-state index contributed by atoms with van der Waals surface area (Å²) in [6.45, 7) is 2.83. The van der Waals surface area contributed by atoms with Gasteiger partial charge in [0.2, 0.25) is 0 Å². The number of carboxylic acids is 1. The van der Waals surface area contributed by atoms with Crippen LogP contribution in [0.15, 0.2) is 30.3 Å². The fraction of sp³-hybridized carbons (Fsp3) is 0.316. The summed E-state index contributed by atoms with van der Waals surface area (Å²) < 4.78 is 0. The first-order chi connectivity index (χ1) is 12.7. The highest BCUT2D eigenvalue weighted by Gasteiger charge is 2.31. The molecule has 27 heavy (non-hydrogen) atoms. The van der Waals surface area contributed by atoms with E-state index in [1.54, 1.807) is 24.3 Å². The highest BCUT2D eigenvalue weighted by Crippen LogP contribution is 2.44. The number of halogens is 2. The molecule has 1 aromatic carbocycles. The first-order valence-electron chi connectivity index (χ1n) is 8.46. The van der Waals surface area contributed by atoms with Crippen molar-refractivity contribution < 1.29 is 14.7 Å². The molecule has 1 aromatic heterocycles. The zero-order valence-corrected chi connectivity index (χ0v) is 16.4. The minimum atomic E-state index is -1.40. The van der Waals surface area contributed by atoms with Crippen molar-refractivity contribution >= 4 is 46.6 Å².